The predicted molar refractivity (Wildman–Crippen MR) is 83.6 cm³/mol. The summed E-state index contributed by atoms with van der Waals surface area (Å²) in [4.78, 5) is 26.9. The van der Waals surface area contributed by atoms with E-state index in [1.165, 1.54) is 6.92 Å². The minimum absolute atomic E-state index is 0.00921. The fraction of sp³-hybridized carbons (Fsp3) is 0.533. The summed E-state index contributed by atoms with van der Waals surface area (Å²) in [5.41, 5.74) is 0.787. The zero-order valence-electron chi connectivity index (χ0n) is 13.6. The molecule has 0 spiro atoms. The number of anilines is 2. The van der Waals surface area contributed by atoms with E-state index in [1.807, 2.05) is 0 Å². The lowest BCUT2D eigenvalue weighted by molar-refractivity contribution is -0.152. The van der Waals surface area contributed by atoms with Crippen LogP contribution in [0.3, 0.4) is 0 Å². The zero-order chi connectivity index (χ0) is 16.8. The number of aromatic nitrogens is 1. The maximum absolute atomic E-state index is 11.8. The Balaban J connectivity index is 2.82. The maximum atomic E-state index is 11.8. The first-order chi connectivity index (χ1) is 10.2. The summed E-state index contributed by atoms with van der Waals surface area (Å²) >= 11 is 0. The third-order valence-corrected chi connectivity index (χ3v) is 2.53. The molecule has 0 saturated heterocycles. The molecule has 1 aromatic rings. The average Bonchev–Trinajstić information content (AvgIpc) is 2.40. The van der Waals surface area contributed by atoms with Crippen molar-refractivity contribution in [2.45, 2.75) is 39.9 Å². The minimum atomic E-state index is -0.542. The summed E-state index contributed by atoms with van der Waals surface area (Å²) in [7, 11) is 1.72. The van der Waals surface area contributed by atoms with Crippen molar-refractivity contribution >= 4 is 23.4 Å². The van der Waals surface area contributed by atoms with Gasteiger partial charge in [-0.25, -0.2) is 4.98 Å². The molecule has 0 atom stereocenters. The highest BCUT2D eigenvalue weighted by Gasteiger charge is 2.17. The highest BCUT2D eigenvalue weighted by molar-refractivity contribution is 5.78. The van der Waals surface area contributed by atoms with Gasteiger partial charge >= 0.3 is 11.9 Å². The molecule has 0 saturated carbocycles. The van der Waals surface area contributed by atoms with Crippen molar-refractivity contribution in [2.75, 3.05) is 24.2 Å². The first-order valence-corrected chi connectivity index (χ1v) is 6.97. The van der Waals surface area contributed by atoms with Crippen LogP contribution in [-0.2, 0) is 25.7 Å². The Kier molecular flexibility index (Phi) is 6.15. The van der Waals surface area contributed by atoms with Gasteiger partial charge in [-0.05, 0) is 26.8 Å². The van der Waals surface area contributed by atoms with Gasteiger partial charge in [0.05, 0.1) is 5.69 Å². The number of rotatable bonds is 6. The van der Waals surface area contributed by atoms with Gasteiger partial charge < -0.3 is 20.1 Å². The van der Waals surface area contributed by atoms with Crippen LogP contribution in [0.4, 0.5) is 11.5 Å². The Hall–Kier alpha value is -2.31. The molecule has 7 nitrogen and oxygen atoms in total. The van der Waals surface area contributed by atoms with Crippen LogP contribution >= 0.6 is 0 Å². The Labute approximate surface area is 130 Å². The first kappa shape index (κ1) is 17.7. The third kappa shape index (κ3) is 5.99. The molecule has 0 radical (unpaired) electrons. The average molecular weight is 309 g/mol. The smallest absolute Gasteiger partial charge is 0.325 e. The van der Waals surface area contributed by atoms with Crippen molar-refractivity contribution in [2.24, 2.45) is 0 Å². The summed E-state index contributed by atoms with van der Waals surface area (Å²) in [6, 6.07) is 1.72. The van der Waals surface area contributed by atoms with Gasteiger partial charge in [0, 0.05) is 25.7 Å². The molecule has 7 heteroatoms. The second-order valence-corrected chi connectivity index (χ2v) is 5.66. The van der Waals surface area contributed by atoms with Gasteiger partial charge in [0.1, 0.15) is 24.6 Å². The number of ether oxygens (including phenoxy) is 2. The quantitative estimate of drug-likeness (QED) is 0.776. The van der Waals surface area contributed by atoms with Crippen LogP contribution in [-0.4, -0.2) is 36.1 Å². The van der Waals surface area contributed by atoms with Crippen molar-refractivity contribution in [1.29, 1.82) is 0 Å². The van der Waals surface area contributed by atoms with E-state index < -0.39 is 5.60 Å². The van der Waals surface area contributed by atoms with Gasteiger partial charge in [-0.1, -0.05) is 0 Å². The molecule has 0 aliphatic heterocycles. The van der Waals surface area contributed by atoms with Crippen LogP contribution in [0.2, 0.25) is 0 Å². The van der Waals surface area contributed by atoms with Crippen molar-refractivity contribution in [3.8, 4) is 0 Å². The van der Waals surface area contributed by atoms with E-state index in [0.29, 0.717) is 11.5 Å². The highest BCUT2D eigenvalue weighted by Crippen LogP contribution is 2.24. The molecular weight excluding hydrogens is 286 g/mol. The van der Waals surface area contributed by atoms with E-state index in [1.54, 1.807) is 40.1 Å². The van der Waals surface area contributed by atoms with Gasteiger partial charge in [0.25, 0.3) is 0 Å². The first-order valence-electron chi connectivity index (χ1n) is 6.97. The Morgan fingerprint density at radius 2 is 2.00 bits per heavy atom. The van der Waals surface area contributed by atoms with Crippen molar-refractivity contribution in [1.82, 2.24) is 4.98 Å². The lowest BCUT2D eigenvalue weighted by atomic mass is 10.2. The molecule has 1 aromatic heterocycles. The Morgan fingerprint density at radius 3 is 2.55 bits per heavy atom. The number of nitrogens with one attached hydrogen (secondary N) is 2. The predicted octanol–water partition coefficient (Wildman–Crippen LogP) is 1.94. The number of hydrogen-bond acceptors (Lipinski definition) is 7. The largest absolute Gasteiger partial charge is 0.461 e. The number of nitrogens with zero attached hydrogens (tertiary/aromatic N) is 1. The standard InChI is InChI=1S/C15H23N3O4/c1-10(19)21-9-11-6-7-17-14(16-5)13(11)18-8-12(20)22-15(2,3)4/h6-7,18H,8-9H2,1-5H3,(H,16,17). The summed E-state index contributed by atoms with van der Waals surface area (Å²) in [5.74, 6) is -0.189. The zero-order valence-corrected chi connectivity index (χ0v) is 13.6. The van der Waals surface area contributed by atoms with Gasteiger partial charge in [-0.2, -0.15) is 0 Å². The molecule has 1 heterocycles. The fourth-order valence-electron chi connectivity index (χ4n) is 1.73. The van der Waals surface area contributed by atoms with E-state index in [9.17, 15) is 9.59 Å². The molecule has 0 fully saturated rings. The number of carbonyl (C=O) groups is 2. The van der Waals surface area contributed by atoms with Crippen LogP contribution in [0, 0.1) is 0 Å². The number of carbonyl (C=O) groups excluding carboxylic acids is 2. The molecule has 1 rings (SSSR count). The molecule has 0 aromatic carbocycles. The molecule has 122 valence electrons. The summed E-state index contributed by atoms with van der Waals surface area (Å²) in [6.07, 6.45) is 1.60. The van der Waals surface area contributed by atoms with Gasteiger partial charge in [-0.3, -0.25) is 9.59 Å². The third-order valence-electron chi connectivity index (χ3n) is 2.53. The molecule has 0 bridgehead atoms. The van der Waals surface area contributed by atoms with Crippen molar-refractivity contribution in [3.05, 3.63) is 17.8 Å². The number of esters is 2. The molecule has 0 aliphatic carbocycles. The van der Waals surface area contributed by atoms with Crippen LogP contribution < -0.4 is 10.6 Å². The normalized spacial score (nSPS) is 10.8. The van der Waals surface area contributed by atoms with Crippen molar-refractivity contribution in [3.63, 3.8) is 0 Å². The lowest BCUT2D eigenvalue weighted by Gasteiger charge is -2.20. The van der Waals surface area contributed by atoms with Crippen LogP contribution in [0.15, 0.2) is 12.3 Å². The highest BCUT2D eigenvalue weighted by atomic mass is 16.6. The van der Waals surface area contributed by atoms with Gasteiger partial charge in [0.2, 0.25) is 0 Å². The SMILES string of the molecule is CNc1nccc(COC(C)=O)c1NCC(=O)OC(C)(C)C. The Bertz CT molecular complexity index is 538. The summed E-state index contributed by atoms with van der Waals surface area (Å²) in [5, 5.41) is 5.92. The summed E-state index contributed by atoms with van der Waals surface area (Å²) < 4.78 is 10.2. The molecule has 2 N–H and O–H groups in total. The van der Waals surface area contributed by atoms with Crippen molar-refractivity contribution < 1.29 is 19.1 Å². The molecular formula is C15H23N3O4. The van der Waals surface area contributed by atoms with E-state index in [4.69, 9.17) is 9.47 Å². The monoisotopic (exact) mass is 309 g/mol. The number of hydrogen-bond donors (Lipinski definition) is 2. The van der Waals surface area contributed by atoms with Crippen LogP contribution in [0.25, 0.3) is 0 Å². The van der Waals surface area contributed by atoms with E-state index >= 15 is 0 Å². The number of pyridine rings is 1. The molecule has 0 aliphatic rings. The Morgan fingerprint density at radius 1 is 1.32 bits per heavy atom. The second kappa shape index (κ2) is 7.63. The molecule has 0 unspecified atom stereocenters. The summed E-state index contributed by atoms with van der Waals surface area (Å²) in [6.45, 7) is 6.85. The molecule has 0 amide bonds. The van der Waals surface area contributed by atoms with Gasteiger partial charge in [0.15, 0.2) is 0 Å². The van der Waals surface area contributed by atoms with E-state index in [-0.39, 0.29) is 25.1 Å². The molecule has 22 heavy (non-hydrogen) atoms. The van der Waals surface area contributed by atoms with Gasteiger partial charge in [-0.15, -0.1) is 0 Å². The lowest BCUT2D eigenvalue weighted by Crippen LogP contribution is -2.28. The van der Waals surface area contributed by atoms with E-state index in [2.05, 4.69) is 15.6 Å². The second-order valence-electron chi connectivity index (χ2n) is 5.66. The van der Waals surface area contributed by atoms with Crippen LogP contribution in [0.5, 0.6) is 0 Å². The van der Waals surface area contributed by atoms with E-state index in [0.717, 1.165) is 5.56 Å². The maximum Gasteiger partial charge on any atom is 0.325 e. The fourth-order valence-corrected chi connectivity index (χ4v) is 1.73. The van der Waals surface area contributed by atoms with Crippen LogP contribution in [0.1, 0.15) is 33.3 Å². The topological polar surface area (TPSA) is 89.6 Å². The minimum Gasteiger partial charge on any atom is -0.461 e.